The number of rotatable bonds is 4. The van der Waals surface area contributed by atoms with Gasteiger partial charge < -0.3 is 49.8 Å². The van der Waals surface area contributed by atoms with Gasteiger partial charge in [-0.15, -0.1) is 0 Å². The van der Waals surface area contributed by atoms with E-state index in [1.54, 1.807) is 46.8 Å². The molecule has 0 radical (unpaired) electrons. The van der Waals surface area contributed by atoms with Crippen LogP contribution in [0.2, 0.25) is 0 Å². The highest BCUT2D eigenvalue weighted by Crippen LogP contribution is 2.55. The molecule has 0 saturated carbocycles. The van der Waals surface area contributed by atoms with Crippen molar-refractivity contribution in [1.82, 2.24) is 4.90 Å². The van der Waals surface area contributed by atoms with Gasteiger partial charge in [-0.25, -0.2) is 0 Å². The Bertz CT molecular complexity index is 1950. The number of Topliss-reactive ketones (excluding diaryl/α,β-unsaturated/α-hetero) is 1. The number of phenolic OH excluding ortho intramolecular Hbond substituents is 3. The number of nitrogens with zero attached hydrogens (tertiary/aromatic N) is 1. The number of hydrogen-bond donors (Lipinski definition) is 6. The molecule has 1 saturated heterocycles. The Morgan fingerprint density at radius 1 is 0.946 bits per heavy atom. The van der Waals surface area contributed by atoms with Crippen LogP contribution in [0, 0.1) is 30.6 Å². The van der Waals surface area contributed by atoms with Gasteiger partial charge in [0.1, 0.15) is 23.4 Å². The largest absolute Gasteiger partial charge is 0.507 e. The smallest absolute Gasteiger partial charge is 0.312 e. The highest BCUT2D eigenvalue weighted by molar-refractivity contribution is 6.22. The number of ether oxygens (including phenoxy) is 4. The Morgan fingerprint density at radius 2 is 1.61 bits per heavy atom. The number of phenols is 3. The fraction of sp³-hybridized carbons (Fsp3) is 0.548. The molecule has 2 aromatic rings. The van der Waals surface area contributed by atoms with Gasteiger partial charge in [-0.2, -0.15) is 0 Å². The number of benzene rings is 2. The summed E-state index contributed by atoms with van der Waals surface area (Å²) in [5.41, 5.74) is 0.223. The van der Waals surface area contributed by atoms with E-state index in [9.17, 15) is 39.9 Å². The van der Waals surface area contributed by atoms with Gasteiger partial charge in [0.25, 0.3) is 11.7 Å². The number of aliphatic hydroxyl groups excluding tert-OH is 2. The summed E-state index contributed by atoms with van der Waals surface area (Å²) in [6, 6.07) is 0. The molecule has 14 heteroatoms. The van der Waals surface area contributed by atoms with Crippen LogP contribution in [0.4, 0.5) is 5.69 Å². The summed E-state index contributed by atoms with van der Waals surface area (Å²) in [7, 11) is 1.45. The molecule has 4 heterocycles. The van der Waals surface area contributed by atoms with Crippen molar-refractivity contribution in [2.24, 2.45) is 23.7 Å². The topological polar surface area (TPSA) is 205 Å². The van der Waals surface area contributed by atoms with Crippen LogP contribution in [-0.2, 0) is 30.3 Å². The van der Waals surface area contributed by atoms with Crippen LogP contribution in [0.25, 0.3) is 10.8 Å². The summed E-state index contributed by atoms with van der Waals surface area (Å²) in [4.78, 5) is 42.4. The van der Waals surface area contributed by atoms with Crippen LogP contribution in [0.1, 0.15) is 82.8 Å². The van der Waals surface area contributed by atoms with E-state index in [4.69, 9.17) is 18.9 Å². The molecule has 5 bridgehead atoms. The summed E-state index contributed by atoms with van der Waals surface area (Å²) < 4.78 is 23.6. The predicted octanol–water partition coefficient (Wildman–Crippen LogP) is 5.35. The molecule has 1 fully saturated rings. The van der Waals surface area contributed by atoms with Crippen molar-refractivity contribution in [3.63, 3.8) is 0 Å². The van der Waals surface area contributed by atoms with Gasteiger partial charge in [-0.1, -0.05) is 45.9 Å². The number of fused-ring (bicyclic) bond motifs is 14. The van der Waals surface area contributed by atoms with Crippen LogP contribution in [0.15, 0.2) is 36.1 Å². The Hall–Kier alpha value is -4.63. The maximum atomic E-state index is 14.4. The number of hydrogen-bond acceptors (Lipinski definition) is 13. The van der Waals surface area contributed by atoms with E-state index in [2.05, 4.69) is 5.32 Å². The molecular formula is C42H56N2O12. The number of aliphatic hydroxyl groups is 2. The highest BCUT2D eigenvalue weighted by atomic mass is 16.7. The SMILES string of the molecule is CO[C@H]1C=CO[C@@]2(C)Oc3c(C)c(O)c4c(O)c(c(CN5CCCC5)c(O)c4c3C2=O)NC(=O)/C(C)=C\C=C/[C@H](C)[C@H](O)[C@@H](C)[C@@H](O)[C@@H](C)[C@H](OC(C)=O)[C@@H]1C. The molecule has 14 nitrogen and oxygen atoms in total. The van der Waals surface area contributed by atoms with Gasteiger partial charge >= 0.3 is 11.8 Å². The van der Waals surface area contributed by atoms with Crippen LogP contribution < -0.4 is 10.1 Å². The molecule has 9 atom stereocenters. The van der Waals surface area contributed by atoms with Crippen molar-refractivity contribution >= 4 is 34.1 Å². The van der Waals surface area contributed by atoms with Crippen molar-refractivity contribution in [3.05, 3.63) is 52.8 Å². The normalized spacial score (nSPS) is 32.2. The van der Waals surface area contributed by atoms with Crippen molar-refractivity contribution < 1.29 is 58.9 Å². The van der Waals surface area contributed by atoms with Crippen molar-refractivity contribution in [2.75, 3.05) is 25.5 Å². The summed E-state index contributed by atoms with van der Waals surface area (Å²) in [6.07, 6.45) is 5.58. The lowest BCUT2D eigenvalue weighted by Crippen LogP contribution is -2.46. The first-order valence-electron chi connectivity index (χ1n) is 19.1. The average Bonchev–Trinajstić information content (AvgIpc) is 3.77. The standard InChI is InChI=1S/C42H56N2O12/c1-20-13-12-14-21(2)41(52)43-32-27(19-44-16-10-11-17-44)36(49)29-30(37(32)50)35(48)25(6)39-31(29)40(51)42(8,56-39)54-18-15-28(53-9)22(3)38(55-26(7)45)24(5)34(47)23(4)33(20)46/h12-15,18,20,22-24,28,33-34,38,46-50H,10-11,16-17,19H2,1-9H3,(H,43,52)/b13-12-,18-15?,21-14-/t20-,22+,23+,24+,28-,33-,34+,38+,42-/m0/s1. The minimum atomic E-state index is -2.00. The van der Waals surface area contributed by atoms with Gasteiger partial charge in [-0.3, -0.25) is 19.3 Å². The van der Waals surface area contributed by atoms with Gasteiger partial charge in [0.15, 0.2) is 5.75 Å². The average molecular weight is 781 g/mol. The zero-order chi connectivity index (χ0) is 41.4. The molecule has 1 amide bonds. The molecule has 6 N–H and O–H groups in total. The fourth-order valence-corrected chi connectivity index (χ4v) is 8.10. The molecule has 4 aliphatic rings. The molecule has 0 aromatic heterocycles. The second kappa shape index (κ2) is 16.8. The van der Waals surface area contributed by atoms with Crippen molar-refractivity contribution in [2.45, 2.75) is 105 Å². The summed E-state index contributed by atoms with van der Waals surface area (Å²) in [5, 5.41) is 60.6. The number of esters is 1. The monoisotopic (exact) mass is 780 g/mol. The maximum absolute atomic E-state index is 14.4. The van der Waals surface area contributed by atoms with E-state index >= 15 is 0 Å². The Labute approximate surface area is 327 Å². The molecule has 0 aliphatic carbocycles. The van der Waals surface area contributed by atoms with Crippen molar-refractivity contribution in [3.8, 4) is 23.0 Å². The van der Waals surface area contributed by atoms with Gasteiger partial charge in [0.2, 0.25) is 0 Å². The lowest BCUT2D eigenvalue weighted by Gasteiger charge is -2.38. The molecule has 306 valence electrons. The third-order valence-electron chi connectivity index (χ3n) is 11.7. The molecule has 6 rings (SSSR count). The third-order valence-corrected chi connectivity index (χ3v) is 11.7. The number of allylic oxidation sites excluding steroid dienone is 2. The van der Waals surface area contributed by atoms with Crippen LogP contribution in [-0.4, -0.2) is 98.5 Å². The lowest BCUT2D eigenvalue weighted by atomic mass is 9.78. The Kier molecular flexibility index (Phi) is 12.8. The van der Waals surface area contributed by atoms with E-state index < -0.39 is 88.8 Å². The van der Waals surface area contributed by atoms with E-state index in [-0.39, 0.29) is 51.0 Å². The van der Waals surface area contributed by atoms with Gasteiger partial charge in [0.05, 0.1) is 41.2 Å². The predicted molar refractivity (Wildman–Crippen MR) is 208 cm³/mol. The molecule has 56 heavy (non-hydrogen) atoms. The molecule has 0 unspecified atom stereocenters. The number of carbonyl (C=O) groups is 3. The Morgan fingerprint density at radius 3 is 2.23 bits per heavy atom. The number of likely N-dealkylation sites (tertiary alicyclic amines) is 1. The second-order valence-electron chi connectivity index (χ2n) is 15.7. The number of ketones is 1. The van der Waals surface area contributed by atoms with Gasteiger partial charge in [0, 0.05) is 73.3 Å². The first-order valence-corrected chi connectivity index (χ1v) is 19.1. The zero-order valence-corrected chi connectivity index (χ0v) is 33.6. The highest BCUT2D eigenvalue weighted by Gasteiger charge is 2.50. The zero-order valence-electron chi connectivity index (χ0n) is 33.6. The van der Waals surface area contributed by atoms with E-state index in [1.165, 1.54) is 46.3 Å². The van der Waals surface area contributed by atoms with Crippen LogP contribution in [0.3, 0.4) is 0 Å². The first-order chi connectivity index (χ1) is 26.3. The minimum absolute atomic E-state index is 0.0504. The number of nitrogens with one attached hydrogen (secondary N) is 1. The number of methoxy groups -OCH3 is 1. The molecule has 2 aromatic carbocycles. The minimum Gasteiger partial charge on any atom is -0.507 e. The number of anilines is 1. The van der Waals surface area contributed by atoms with E-state index in [0.29, 0.717) is 13.1 Å². The number of carbonyl (C=O) groups excluding carboxylic acids is 3. The van der Waals surface area contributed by atoms with Crippen LogP contribution >= 0.6 is 0 Å². The molecule has 4 aliphatic heterocycles. The first kappa shape index (κ1) is 42.5. The summed E-state index contributed by atoms with van der Waals surface area (Å²) in [6.45, 7) is 14.2. The number of amides is 1. The third kappa shape index (κ3) is 7.97. The number of aromatic hydroxyl groups is 3. The maximum Gasteiger partial charge on any atom is 0.312 e. The van der Waals surface area contributed by atoms with Crippen molar-refractivity contribution in [1.29, 1.82) is 0 Å². The molecular weight excluding hydrogens is 724 g/mol. The van der Waals surface area contributed by atoms with Gasteiger partial charge in [-0.05, 0) is 45.9 Å². The van der Waals surface area contributed by atoms with E-state index in [0.717, 1.165) is 12.8 Å². The lowest BCUT2D eigenvalue weighted by molar-refractivity contribution is -0.160. The fourth-order valence-electron chi connectivity index (χ4n) is 8.10. The Balaban J connectivity index is 1.70. The molecule has 0 spiro atoms. The van der Waals surface area contributed by atoms with Crippen LogP contribution in [0.5, 0.6) is 23.0 Å². The summed E-state index contributed by atoms with van der Waals surface area (Å²) in [5.74, 6) is -7.78. The second-order valence-corrected chi connectivity index (χ2v) is 15.7. The summed E-state index contributed by atoms with van der Waals surface area (Å²) >= 11 is 0. The van der Waals surface area contributed by atoms with E-state index in [1.807, 2.05) is 4.90 Å². The quantitative estimate of drug-likeness (QED) is 0.132.